The zero-order chi connectivity index (χ0) is 38.0. The lowest BCUT2D eigenvalue weighted by molar-refractivity contribution is 0.435. The molecular weight excluding hydrogens is 723 g/mol. The fraction of sp³-hybridized carbons (Fsp3) is 0.0182. The number of thiophene rings is 1. The van der Waals surface area contributed by atoms with Crippen LogP contribution in [0.25, 0.3) is 63.6 Å². The first-order valence-electron chi connectivity index (χ1n) is 19.9. The SMILES string of the molecule is c1ccc2c(c1)Oc1ccc(N(c3ccc4c(c3)sc3cc5ccccc5cc34)c3cccc4ccccc34)cc1C21c2ccccc2-c2cccc3cccc1c23. The summed E-state index contributed by atoms with van der Waals surface area (Å²) in [5.41, 5.74) is 10.1. The van der Waals surface area contributed by atoms with Crippen LogP contribution in [-0.2, 0) is 5.41 Å². The number of hydrogen-bond donors (Lipinski definition) is 0. The van der Waals surface area contributed by atoms with Crippen molar-refractivity contribution in [2.45, 2.75) is 5.41 Å². The molecule has 2 aliphatic rings. The molecule has 1 aliphatic heterocycles. The summed E-state index contributed by atoms with van der Waals surface area (Å²) in [5, 5.41) is 10.1. The summed E-state index contributed by atoms with van der Waals surface area (Å²) in [6.45, 7) is 0. The van der Waals surface area contributed by atoms with Crippen LogP contribution in [0.15, 0.2) is 200 Å². The number of nitrogens with zero attached hydrogens (tertiary/aromatic N) is 1. The number of anilines is 3. The molecule has 0 saturated heterocycles. The second-order valence-electron chi connectivity index (χ2n) is 15.6. The Kier molecular flexibility index (Phi) is 6.56. The molecule has 58 heavy (non-hydrogen) atoms. The van der Waals surface area contributed by atoms with Crippen molar-refractivity contribution in [2.24, 2.45) is 0 Å². The minimum atomic E-state index is -0.632. The van der Waals surface area contributed by atoms with Gasteiger partial charge >= 0.3 is 0 Å². The number of para-hydroxylation sites is 1. The lowest BCUT2D eigenvalue weighted by atomic mass is 9.58. The van der Waals surface area contributed by atoms with Crippen molar-refractivity contribution in [3.8, 4) is 22.6 Å². The maximum atomic E-state index is 6.93. The summed E-state index contributed by atoms with van der Waals surface area (Å²) in [7, 11) is 0. The molecule has 1 spiro atoms. The molecule has 10 aromatic carbocycles. The van der Waals surface area contributed by atoms with E-state index in [1.165, 1.54) is 74.7 Å². The molecule has 0 saturated carbocycles. The molecule has 1 aromatic heterocycles. The third-order valence-corrected chi connectivity index (χ3v) is 13.8. The van der Waals surface area contributed by atoms with E-state index in [1.807, 2.05) is 11.3 Å². The van der Waals surface area contributed by atoms with E-state index in [-0.39, 0.29) is 0 Å². The van der Waals surface area contributed by atoms with Crippen LogP contribution in [0.4, 0.5) is 17.1 Å². The average Bonchev–Trinajstić information content (AvgIpc) is 3.63. The van der Waals surface area contributed by atoms with Gasteiger partial charge in [-0.05, 0) is 104 Å². The van der Waals surface area contributed by atoms with Crippen LogP contribution in [0.2, 0.25) is 0 Å². The van der Waals surface area contributed by atoms with E-state index in [1.54, 1.807) is 0 Å². The first kappa shape index (κ1) is 31.9. The van der Waals surface area contributed by atoms with Gasteiger partial charge in [0, 0.05) is 48.1 Å². The van der Waals surface area contributed by atoms with Gasteiger partial charge in [-0.3, -0.25) is 0 Å². The standard InChI is InChI=1S/C55H33NOS/c1-2-14-37-31-52-44(30-36(37)13-1)42-28-26-39(33-53(42)58-52)56(49-24-11-15-34-12-3-4-18-40(34)49)38-27-29-51-48(32-38)55(46-22-7-8-25-50(46)57-51)45-21-6-5-19-41(45)43-20-9-16-35-17-10-23-47(55)54(35)43/h1-33H. The highest BCUT2D eigenvalue weighted by molar-refractivity contribution is 7.26. The monoisotopic (exact) mass is 755 g/mol. The fourth-order valence-corrected chi connectivity index (χ4v) is 11.4. The fourth-order valence-electron chi connectivity index (χ4n) is 10.2. The van der Waals surface area contributed by atoms with Gasteiger partial charge in [-0.2, -0.15) is 0 Å². The quantitative estimate of drug-likeness (QED) is 0.178. The Morgan fingerprint density at radius 3 is 1.91 bits per heavy atom. The van der Waals surface area contributed by atoms with E-state index in [4.69, 9.17) is 4.74 Å². The van der Waals surface area contributed by atoms with Crippen molar-refractivity contribution in [2.75, 3.05) is 4.90 Å². The number of rotatable bonds is 3. The number of ether oxygens (including phenoxy) is 1. The minimum absolute atomic E-state index is 0.632. The molecule has 11 aromatic rings. The van der Waals surface area contributed by atoms with Crippen molar-refractivity contribution >= 4 is 80.9 Å². The van der Waals surface area contributed by atoms with Gasteiger partial charge in [0.2, 0.25) is 0 Å². The molecule has 0 radical (unpaired) electrons. The topological polar surface area (TPSA) is 12.5 Å². The number of hydrogen-bond acceptors (Lipinski definition) is 3. The molecule has 270 valence electrons. The predicted octanol–water partition coefficient (Wildman–Crippen LogP) is 15.5. The second-order valence-corrected chi connectivity index (χ2v) is 16.7. The van der Waals surface area contributed by atoms with Crippen molar-refractivity contribution < 1.29 is 4.74 Å². The van der Waals surface area contributed by atoms with Gasteiger partial charge < -0.3 is 9.64 Å². The van der Waals surface area contributed by atoms with Crippen LogP contribution in [0.3, 0.4) is 0 Å². The zero-order valence-electron chi connectivity index (χ0n) is 31.3. The molecule has 2 nitrogen and oxygen atoms in total. The van der Waals surface area contributed by atoms with Gasteiger partial charge in [0.1, 0.15) is 11.5 Å². The van der Waals surface area contributed by atoms with Crippen molar-refractivity contribution in [3.05, 3.63) is 222 Å². The molecular formula is C55H33NOS. The van der Waals surface area contributed by atoms with E-state index in [9.17, 15) is 0 Å². The van der Waals surface area contributed by atoms with E-state index >= 15 is 0 Å². The van der Waals surface area contributed by atoms with Crippen molar-refractivity contribution in [3.63, 3.8) is 0 Å². The van der Waals surface area contributed by atoms with E-state index < -0.39 is 5.41 Å². The lowest BCUT2D eigenvalue weighted by Crippen LogP contribution is -2.36. The highest BCUT2D eigenvalue weighted by Crippen LogP contribution is 2.62. The molecule has 13 rings (SSSR count). The van der Waals surface area contributed by atoms with Crippen LogP contribution in [0, 0.1) is 0 Å². The normalized spacial score (nSPS) is 15.1. The smallest absolute Gasteiger partial charge is 0.132 e. The summed E-state index contributed by atoms with van der Waals surface area (Å²) >= 11 is 1.87. The molecule has 0 bridgehead atoms. The summed E-state index contributed by atoms with van der Waals surface area (Å²) in [6, 6.07) is 73.8. The summed E-state index contributed by atoms with van der Waals surface area (Å²) in [4.78, 5) is 2.46. The Morgan fingerprint density at radius 1 is 0.379 bits per heavy atom. The minimum Gasteiger partial charge on any atom is -0.457 e. The van der Waals surface area contributed by atoms with Crippen LogP contribution in [-0.4, -0.2) is 0 Å². The Morgan fingerprint density at radius 2 is 1.00 bits per heavy atom. The van der Waals surface area contributed by atoms with Crippen LogP contribution in [0.5, 0.6) is 11.5 Å². The Labute approximate surface area is 339 Å². The molecule has 0 fully saturated rings. The van der Waals surface area contributed by atoms with Gasteiger partial charge in [0.25, 0.3) is 0 Å². The van der Waals surface area contributed by atoms with Crippen LogP contribution in [0.1, 0.15) is 22.3 Å². The van der Waals surface area contributed by atoms with Gasteiger partial charge in [0.05, 0.1) is 11.1 Å². The van der Waals surface area contributed by atoms with E-state index in [2.05, 4.69) is 205 Å². The Balaban J connectivity index is 1.11. The molecule has 0 N–H and O–H groups in total. The Bertz CT molecular complexity index is 3510. The predicted molar refractivity (Wildman–Crippen MR) is 244 cm³/mol. The molecule has 1 unspecified atom stereocenters. The molecule has 3 heteroatoms. The Hall–Kier alpha value is -7.20. The average molecular weight is 756 g/mol. The first-order valence-corrected chi connectivity index (χ1v) is 20.7. The molecule has 1 atom stereocenters. The highest BCUT2D eigenvalue weighted by Gasteiger charge is 2.49. The van der Waals surface area contributed by atoms with Gasteiger partial charge in [0.15, 0.2) is 0 Å². The molecule has 1 aliphatic carbocycles. The third-order valence-electron chi connectivity index (χ3n) is 12.7. The third kappa shape index (κ3) is 4.31. The van der Waals surface area contributed by atoms with Gasteiger partial charge in [-0.25, -0.2) is 0 Å². The molecule has 2 heterocycles. The summed E-state index contributed by atoms with van der Waals surface area (Å²) < 4.78 is 9.50. The number of fused-ring (bicyclic) bond motifs is 13. The van der Waals surface area contributed by atoms with Gasteiger partial charge in [-0.1, -0.05) is 146 Å². The zero-order valence-corrected chi connectivity index (χ0v) is 32.1. The van der Waals surface area contributed by atoms with Crippen molar-refractivity contribution in [1.29, 1.82) is 0 Å². The van der Waals surface area contributed by atoms with Crippen LogP contribution < -0.4 is 9.64 Å². The maximum absolute atomic E-state index is 6.93. The summed E-state index contributed by atoms with van der Waals surface area (Å²) in [6.07, 6.45) is 0. The first-order chi connectivity index (χ1) is 28.7. The van der Waals surface area contributed by atoms with E-state index in [0.29, 0.717) is 0 Å². The highest BCUT2D eigenvalue weighted by atomic mass is 32.1. The number of benzene rings is 10. The largest absolute Gasteiger partial charge is 0.457 e. The van der Waals surface area contributed by atoms with Crippen molar-refractivity contribution in [1.82, 2.24) is 0 Å². The molecule has 0 amide bonds. The summed E-state index contributed by atoms with van der Waals surface area (Å²) in [5.74, 6) is 1.77. The lowest BCUT2D eigenvalue weighted by Gasteiger charge is -2.45. The maximum Gasteiger partial charge on any atom is 0.132 e. The van der Waals surface area contributed by atoms with E-state index in [0.717, 1.165) is 39.7 Å². The van der Waals surface area contributed by atoms with Crippen LogP contribution >= 0.6 is 11.3 Å². The van der Waals surface area contributed by atoms with Gasteiger partial charge in [-0.15, -0.1) is 11.3 Å². The second kappa shape index (κ2) is 11.9.